The molecule has 0 spiro atoms. The number of sulfonamides is 1. The maximum atomic E-state index is 11.2. The van der Waals surface area contributed by atoms with Crippen LogP contribution in [0.15, 0.2) is 42.5 Å². The first kappa shape index (κ1) is 28.1. The quantitative estimate of drug-likeness (QED) is 0.214. The number of aliphatic hydroxyl groups is 2. The third kappa shape index (κ3) is 11.3. The van der Waals surface area contributed by atoms with Crippen molar-refractivity contribution in [3.8, 4) is 5.75 Å². The molecule has 0 fully saturated rings. The van der Waals surface area contributed by atoms with Crippen molar-refractivity contribution in [3.05, 3.63) is 59.2 Å². The second-order valence-corrected chi connectivity index (χ2v) is 10.2. The lowest BCUT2D eigenvalue weighted by atomic mass is 10.1. The second-order valence-electron chi connectivity index (χ2n) is 8.47. The highest BCUT2D eigenvalue weighted by Crippen LogP contribution is 2.22. The van der Waals surface area contributed by atoms with Crippen molar-refractivity contribution < 1.29 is 28.5 Å². The van der Waals surface area contributed by atoms with Crippen molar-refractivity contribution in [2.24, 2.45) is 0 Å². The molecule has 190 valence electrons. The number of rotatable bonds is 17. The van der Waals surface area contributed by atoms with E-state index >= 15 is 0 Å². The van der Waals surface area contributed by atoms with Crippen LogP contribution in [-0.4, -0.2) is 56.3 Å². The number of aliphatic hydroxyl groups excluding tert-OH is 2. The summed E-state index contributed by atoms with van der Waals surface area (Å²) in [5.74, 6) is 0.0337. The van der Waals surface area contributed by atoms with Gasteiger partial charge in [0.25, 0.3) is 0 Å². The van der Waals surface area contributed by atoms with Crippen LogP contribution in [-0.2, 0) is 27.8 Å². The Morgan fingerprint density at radius 2 is 1.68 bits per heavy atom. The molecule has 0 radical (unpaired) electrons. The lowest BCUT2D eigenvalue weighted by Crippen LogP contribution is -2.22. The van der Waals surface area contributed by atoms with Crippen molar-refractivity contribution in [1.82, 2.24) is 5.32 Å². The van der Waals surface area contributed by atoms with E-state index in [0.717, 1.165) is 63.5 Å². The van der Waals surface area contributed by atoms with Gasteiger partial charge in [0.2, 0.25) is 10.0 Å². The highest BCUT2D eigenvalue weighted by atomic mass is 32.2. The summed E-state index contributed by atoms with van der Waals surface area (Å²) in [5, 5.41) is 32.3. The standard InChI is InChI=1S/C25H38N2O6S/c1-34(31,32)27-23-11-8-20(9-12-23)7-6-16-33-15-5-3-2-4-14-26-18-25(30)21-10-13-24(29)22(17-21)19-28/h8-13,17,25-30H,2-7,14-16,18-19H2,1H3. The van der Waals surface area contributed by atoms with Crippen LogP contribution in [0.4, 0.5) is 5.69 Å². The molecular formula is C25H38N2O6S. The second kappa shape index (κ2) is 15.0. The first-order valence-electron chi connectivity index (χ1n) is 11.7. The van der Waals surface area contributed by atoms with Crippen molar-refractivity contribution in [1.29, 1.82) is 0 Å². The Morgan fingerprint density at radius 1 is 0.971 bits per heavy atom. The lowest BCUT2D eigenvalue weighted by molar-refractivity contribution is 0.127. The van der Waals surface area contributed by atoms with E-state index in [1.165, 1.54) is 6.07 Å². The summed E-state index contributed by atoms with van der Waals surface area (Å²) >= 11 is 0. The van der Waals surface area contributed by atoms with Gasteiger partial charge in [0.15, 0.2) is 0 Å². The van der Waals surface area contributed by atoms with Crippen LogP contribution in [0.2, 0.25) is 0 Å². The van der Waals surface area contributed by atoms with Crippen LogP contribution in [0.25, 0.3) is 0 Å². The van der Waals surface area contributed by atoms with Crippen LogP contribution in [0.3, 0.4) is 0 Å². The van der Waals surface area contributed by atoms with Gasteiger partial charge in [0.1, 0.15) is 5.75 Å². The number of aromatic hydroxyl groups is 1. The zero-order valence-electron chi connectivity index (χ0n) is 19.9. The normalized spacial score (nSPS) is 12.6. The van der Waals surface area contributed by atoms with Crippen LogP contribution >= 0.6 is 0 Å². The zero-order chi connectivity index (χ0) is 24.8. The van der Waals surface area contributed by atoms with E-state index in [0.29, 0.717) is 30.0 Å². The maximum Gasteiger partial charge on any atom is 0.229 e. The summed E-state index contributed by atoms with van der Waals surface area (Å²) in [5.41, 5.74) is 2.81. The SMILES string of the molecule is CS(=O)(=O)Nc1ccc(CCCOCCCCCCNCC(O)c2ccc(O)c(CO)c2)cc1. The average Bonchev–Trinajstić information content (AvgIpc) is 2.80. The van der Waals surface area contributed by atoms with Gasteiger partial charge in [0, 0.05) is 31.0 Å². The van der Waals surface area contributed by atoms with Gasteiger partial charge in [-0.1, -0.05) is 31.0 Å². The summed E-state index contributed by atoms with van der Waals surface area (Å²) in [6.45, 7) is 2.44. The van der Waals surface area contributed by atoms with Crippen LogP contribution in [0.5, 0.6) is 5.75 Å². The Balaban J connectivity index is 1.43. The molecule has 0 heterocycles. The number of ether oxygens (including phenoxy) is 1. The van der Waals surface area contributed by atoms with Crippen molar-refractivity contribution >= 4 is 15.7 Å². The molecule has 5 N–H and O–H groups in total. The first-order valence-corrected chi connectivity index (χ1v) is 13.6. The molecule has 0 amide bonds. The Labute approximate surface area is 203 Å². The van der Waals surface area contributed by atoms with E-state index in [1.54, 1.807) is 24.3 Å². The molecule has 0 aliphatic carbocycles. The summed E-state index contributed by atoms with van der Waals surface area (Å²) in [6, 6.07) is 12.2. The Hall–Kier alpha value is -2.17. The number of hydrogen-bond acceptors (Lipinski definition) is 7. The number of nitrogens with one attached hydrogen (secondary N) is 2. The Bertz CT molecular complexity index is 950. The van der Waals surface area contributed by atoms with Gasteiger partial charge in [-0.15, -0.1) is 0 Å². The largest absolute Gasteiger partial charge is 0.508 e. The third-order valence-corrected chi connectivity index (χ3v) is 6.01. The molecule has 2 aromatic rings. The monoisotopic (exact) mass is 494 g/mol. The summed E-state index contributed by atoms with van der Waals surface area (Å²) < 4.78 is 30.6. The number of anilines is 1. The fourth-order valence-corrected chi connectivity index (χ4v) is 4.10. The molecule has 0 aliphatic rings. The molecule has 8 nitrogen and oxygen atoms in total. The molecule has 34 heavy (non-hydrogen) atoms. The number of unbranched alkanes of at least 4 members (excludes halogenated alkanes) is 3. The summed E-state index contributed by atoms with van der Waals surface area (Å²) in [6.07, 6.45) is 6.50. The van der Waals surface area contributed by atoms with E-state index in [9.17, 15) is 23.7 Å². The van der Waals surface area contributed by atoms with Crippen molar-refractivity contribution in [2.45, 2.75) is 51.2 Å². The topological polar surface area (TPSA) is 128 Å². The van der Waals surface area contributed by atoms with Crippen LogP contribution in [0.1, 0.15) is 54.9 Å². The molecule has 1 atom stereocenters. The number of phenols is 1. The van der Waals surface area contributed by atoms with E-state index < -0.39 is 16.1 Å². The fourth-order valence-electron chi connectivity index (χ4n) is 3.54. The van der Waals surface area contributed by atoms with Gasteiger partial charge in [-0.2, -0.15) is 0 Å². The number of hydrogen-bond donors (Lipinski definition) is 5. The number of benzene rings is 2. The predicted octanol–water partition coefficient (Wildman–Crippen LogP) is 3.09. The lowest BCUT2D eigenvalue weighted by Gasteiger charge is -2.14. The molecule has 0 saturated carbocycles. The van der Waals surface area contributed by atoms with Gasteiger partial charge < -0.3 is 25.4 Å². The average molecular weight is 495 g/mol. The van der Waals surface area contributed by atoms with E-state index in [4.69, 9.17) is 4.74 Å². The molecule has 1 unspecified atom stereocenters. The molecule has 0 bridgehead atoms. The Morgan fingerprint density at radius 3 is 2.38 bits per heavy atom. The first-order chi connectivity index (χ1) is 16.3. The highest BCUT2D eigenvalue weighted by Gasteiger charge is 2.10. The molecule has 0 aromatic heterocycles. The molecular weight excluding hydrogens is 456 g/mol. The predicted molar refractivity (Wildman–Crippen MR) is 134 cm³/mol. The molecule has 2 aromatic carbocycles. The van der Waals surface area contributed by atoms with Crippen LogP contribution in [0, 0.1) is 0 Å². The minimum atomic E-state index is -3.24. The van der Waals surface area contributed by atoms with Gasteiger partial charge in [-0.25, -0.2) is 8.42 Å². The minimum Gasteiger partial charge on any atom is -0.508 e. The maximum absolute atomic E-state index is 11.2. The smallest absolute Gasteiger partial charge is 0.229 e. The van der Waals surface area contributed by atoms with E-state index in [-0.39, 0.29) is 12.4 Å². The van der Waals surface area contributed by atoms with Gasteiger partial charge >= 0.3 is 0 Å². The molecule has 9 heteroatoms. The van der Waals surface area contributed by atoms with E-state index in [1.807, 2.05) is 12.1 Å². The highest BCUT2D eigenvalue weighted by molar-refractivity contribution is 7.92. The number of aryl methyl sites for hydroxylation is 1. The van der Waals surface area contributed by atoms with Crippen LogP contribution < -0.4 is 10.0 Å². The van der Waals surface area contributed by atoms with E-state index in [2.05, 4.69) is 10.0 Å². The molecule has 0 aliphatic heterocycles. The van der Waals surface area contributed by atoms with Gasteiger partial charge in [0.05, 0.1) is 19.0 Å². The third-order valence-electron chi connectivity index (χ3n) is 5.40. The molecule has 0 saturated heterocycles. The van der Waals surface area contributed by atoms with Crippen molar-refractivity contribution in [2.75, 3.05) is 37.3 Å². The minimum absolute atomic E-state index is 0.0337. The van der Waals surface area contributed by atoms with Gasteiger partial charge in [-0.05, 0) is 67.6 Å². The summed E-state index contributed by atoms with van der Waals surface area (Å²) in [7, 11) is -3.24. The van der Waals surface area contributed by atoms with Gasteiger partial charge in [-0.3, -0.25) is 4.72 Å². The van der Waals surface area contributed by atoms with Crippen molar-refractivity contribution in [3.63, 3.8) is 0 Å². The summed E-state index contributed by atoms with van der Waals surface area (Å²) in [4.78, 5) is 0. The zero-order valence-corrected chi connectivity index (χ0v) is 20.7. The molecule has 2 rings (SSSR count). The Kier molecular flexibility index (Phi) is 12.3. The fraction of sp³-hybridized carbons (Fsp3) is 0.520.